The number of halogens is 2. The Hall–Kier alpha value is -1.96. The summed E-state index contributed by atoms with van der Waals surface area (Å²) in [6, 6.07) is 11.7. The van der Waals surface area contributed by atoms with Crippen molar-refractivity contribution in [3.63, 3.8) is 0 Å². The molecule has 29 heavy (non-hydrogen) atoms. The summed E-state index contributed by atoms with van der Waals surface area (Å²) in [6.07, 6.45) is 1.78. The van der Waals surface area contributed by atoms with Crippen LogP contribution < -0.4 is 0 Å². The average molecular weight is 439 g/mol. The molecule has 2 aromatic carbocycles. The van der Waals surface area contributed by atoms with Gasteiger partial charge in [0.15, 0.2) is 0 Å². The maximum absolute atomic E-state index is 14.2. The normalized spacial score (nSPS) is 15.7. The van der Waals surface area contributed by atoms with Crippen LogP contribution in [-0.4, -0.2) is 43.2 Å². The summed E-state index contributed by atoms with van der Waals surface area (Å²) in [4.78, 5) is 14.5. The fraction of sp³-hybridized carbons (Fsp3) is 0.381. The zero-order chi connectivity index (χ0) is 21.0. The van der Waals surface area contributed by atoms with Crippen LogP contribution in [0.3, 0.4) is 0 Å². The van der Waals surface area contributed by atoms with E-state index >= 15 is 0 Å². The van der Waals surface area contributed by atoms with Gasteiger partial charge in [-0.2, -0.15) is 4.31 Å². The largest absolute Gasteiger partial charge is 0.342 e. The van der Waals surface area contributed by atoms with Gasteiger partial charge in [0.05, 0.1) is 11.4 Å². The van der Waals surface area contributed by atoms with E-state index in [1.807, 2.05) is 0 Å². The first-order valence-corrected chi connectivity index (χ1v) is 11.4. The van der Waals surface area contributed by atoms with Gasteiger partial charge in [0.2, 0.25) is 15.9 Å². The van der Waals surface area contributed by atoms with E-state index in [2.05, 4.69) is 6.92 Å². The summed E-state index contributed by atoms with van der Waals surface area (Å²) in [5.41, 5.74) is 0.213. The second-order valence-electron chi connectivity index (χ2n) is 7.38. The van der Waals surface area contributed by atoms with Gasteiger partial charge in [-0.15, -0.1) is 0 Å². The lowest BCUT2D eigenvalue weighted by Gasteiger charge is -2.32. The van der Waals surface area contributed by atoms with Crippen molar-refractivity contribution < 1.29 is 17.6 Å². The molecule has 0 bridgehead atoms. The number of piperidine rings is 1. The van der Waals surface area contributed by atoms with Crippen LogP contribution in [0.1, 0.15) is 25.3 Å². The average Bonchev–Trinajstić information content (AvgIpc) is 2.70. The minimum absolute atomic E-state index is 0.0123. The SMILES string of the molecule is CC1CCN(C(=O)CN(Cc2ccccc2F)S(=O)(=O)c2ccc(Cl)cc2)CC1. The zero-order valence-corrected chi connectivity index (χ0v) is 17.8. The maximum atomic E-state index is 14.2. The van der Waals surface area contributed by atoms with Crippen LogP contribution in [0.5, 0.6) is 0 Å². The number of benzene rings is 2. The summed E-state index contributed by atoms with van der Waals surface area (Å²) in [7, 11) is -4.02. The van der Waals surface area contributed by atoms with Gasteiger partial charge >= 0.3 is 0 Å². The summed E-state index contributed by atoms with van der Waals surface area (Å²) >= 11 is 5.87. The van der Waals surface area contributed by atoms with Crippen molar-refractivity contribution in [3.8, 4) is 0 Å². The third-order valence-electron chi connectivity index (χ3n) is 5.20. The Morgan fingerprint density at radius 3 is 2.38 bits per heavy atom. The molecule has 3 rings (SSSR count). The fourth-order valence-corrected chi connectivity index (χ4v) is 4.80. The Kier molecular flexibility index (Phi) is 6.93. The molecule has 1 heterocycles. The van der Waals surface area contributed by atoms with Crippen molar-refractivity contribution in [3.05, 3.63) is 64.9 Å². The van der Waals surface area contributed by atoms with E-state index in [4.69, 9.17) is 11.6 Å². The van der Waals surface area contributed by atoms with Gasteiger partial charge in [0.25, 0.3) is 0 Å². The van der Waals surface area contributed by atoms with Crippen molar-refractivity contribution >= 4 is 27.5 Å². The molecule has 1 amide bonds. The number of nitrogens with zero attached hydrogens (tertiary/aromatic N) is 2. The van der Waals surface area contributed by atoms with Crippen molar-refractivity contribution in [1.82, 2.24) is 9.21 Å². The molecule has 0 N–H and O–H groups in total. The lowest BCUT2D eigenvalue weighted by Crippen LogP contribution is -2.45. The Morgan fingerprint density at radius 2 is 1.76 bits per heavy atom. The number of likely N-dealkylation sites (tertiary alicyclic amines) is 1. The van der Waals surface area contributed by atoms with Crippen LogP contribution in [0.4, 0.5) is 4.39 Å². The Labute approximate surface area is 176 Å². The molecule has 0 aromatic heterocycles. The van der Waals surface area contributed by atoms with Gasteiger partial charge in [-0.25, -0.2) is 12.8 Å². The summed E-state index contributed by atoms with van der Waals surface area (Å²) in [5, 5.41) is 0.406. The van der Waals surface area contributed by atoms with Crippen LogP contribution in [-0.2, 0) is 21.4 Å². The molecule has 0 saturated carbocycles. The molecule has 1 aliphatic rings. The minimum Gasteiger partial charge on any atom is -0.342 e. The maximum Gasteiger partial charge on any atom is 0.243 e. The molecule has 0 atom stereocenters. The van der Waals surface area contributed by atoms with E-state index in [9.17, 15) is 17.6 Å². The number of hydrogen-bond donors (Lipinski definition) is 0. The molecule has 1 saturated heterocycles. The van der Waals surface area contributed by atoms with E-state index < -0.39 is 15.8 Å². The first-order valence-electron chi connectivity index (χ1n) is 9.54. The third-order valence-corrected chi connectivity index (χ3v) is 7.26. The first-order chi connectivity index (χ1) is 13.8. The highest BCUT2D eigenvalue weighted by Crippen LogP contribution is 2.23. The number of sulfonamides is 1. The Morgan fingerprint density at radius 1 is 1.14 bits per heavy atom. The number of rotatable bonds is 6. The van der Waals surface area contributed by atoms with Crippen molar-refractivity contribution in [2.45, 2.75) is 31.2 Å². The van der Waals surface area contributed by atoms with Gasteiger partial charge in [-0.1, -0.05) is 36.7 Å². The van der Waals surface area contributed by atoms with Crippen LogP contribution in [0.2, 0.25) is 5.02 Å². The minimum atomic E-state index is -4.02. The van der Waals surface area contributed by atoms with Gasteiger partial charge in [0, 0.05) is 30.2 Å². The predicted octanol–water partition coefficient (Wildman–Crippen LogP) is 3.93. The number of carbonyl (C=O) groups excluding carboxylic acids is 1. The molecule has 5 nitrogen and oxygen atoms in total. The van der Waals surface area contributed by atoms with E-state index in [0.29, 0.717) is 24.0 Å². The Bertz CT molecular complexity index is 958. The fourth-order valence-electron chi connectivity index (χ4n) is 3.31. The van der Waals surface area contributed by atoms with Gasteiger partial charge < -0.3 is 4.90 Å². The molecule has 1 aliphatic heterocycles. The quantitative estimate of drug-likeness (QED) is 0.686. The third kappa shape index (κ3) is 5.35. The summed E-state index contributed by atoms with van der Waals surface area (Å²) < 4.78 is 41.7. The van der Waals surface area contributed by atoms with Crippen LogP contribution in [0, 0.1) is 11.7 Å². The van der Waals surface area contributed by atoms with E-state index in [0.717, 1.165) is 17.1 Å². The molecule has 2 aromatic rings. The molecular weight excluding hydrogens is 415 g/mol. The molecule has 0 unspecified atom stereocenters. The standard InChI is InChI=1S/C21H24ClFN2O3S/c1-16-10-12-24(13-11-16)21(26)15-25(14-17-4-2-3-5-20(17)23)29(27,28)19-8-6-18(22)7-9-19/h2-9,16H,10-15H2,1H3. The topological polar surface area (TPSA) is 57.7 Å². The predicted molar refractivity (Wildman–Crippen MR) is 110 cm³/mol. The summed E-state index contributed by atoms with van der Waals surface area (Å²) in [5.74, 6) is -0.236. The Balaban J connectivity index is 1.88. The van der Waals surface area contributed by atoms with Gasteiger partial charge in [-0.05, 0) is 49.1 Å². The van der Waals surface area contributed by atoms with E-state index in [-0.39, 0.29) is 29.5 Å². The highest BCUT2D eigenvalue weighted by molar-refractivity contribution is 7.89. The van der Waals surface area contributed by atoms with E-state index in [1.165, 1.54) is 42.5 Å². The molecule has 1 fully saturated rings. The monoisotopic (exact) mass is 438 g/mol. The molecule has 0 aliphatic carbocycles. The second kappa shape index (κ2) is 9.24. The highest BCUT2D eigenvalue weighted by atomic mass is 35.5. The number of carbonyl (C=O) groups is 1. The number of amides is 1. The molecule has 156 valence electrons. The smallest absolute Gasteiger partial charge is 0.243 e. The summed E-state index contributed by atoms with van der Waals surface area (Å²) in [6.45, 7) is 2.78. The molecular formula is C21H24ClFN2O3S. The van der Waals surface area contributed by atoms with Crippen molar-refractivity contribution in [2.24, 2.45) is 5.92 Å². The lowest BCUT2D eigenvalue weighted by molar-refractivity contribution is -0.132. The number of hydrogen-bond acceptors (Lipinski definition) is 3. The van der Waals surface area contributed by atoms with Crippen LogP contribution in [0.15, 0.2) is 53.4 Å². The molecule has 0 spiro atoms. The van der Waals surface area contributed by atoms with E-state index in [1.54, 1.807) is 11.0 Å². The van der Waals surface area contributed by atoms with Gasteiger partial charge in [0.1, 0.15) is 5.82 Å². The molecule has 0 radical (unpaired) electrons. The van der Waals surface area contributed by atoms with Crippen molar-refractivity contribution in [2.75, 3.05) is 19.6 Å². The zero-order valence-electron chi connectivity index (χ0n) is 16.2. The first kappa shape index (κ1) is 21.7. The van der Waals surface area contributed by atoms with Gasteiger partial charge in [-0.3, -0.25) is 4.79 Å². The van der Waals surface area contributed by atoms with Crippen LogP contribution >= 0.6 is 11.6 Å². The second-order valence-corrected chi connectivity index (χ2v) is 9.76. The van der Waals surface area contributed by atoms with Crippen molar-refractivity contribution in [1.29, 1.82) is 0 Å². The highest BCUT2D eigenvalue weighted by Gasteiger charge is 2.30. The lowest BCUT2D eigenvalue weighted by atomic mass is 9.99. The molecule has 8 heteroatoms. The van der Waals surface area contributed by atoms with Crippen LogP contribution in [0.25, 0.3) is 0 Å².